The first-order valence-electron chi connectivity index (χ1n) is 12.5. The van der Waals surface area contributed by atoms with Gasteiger partial charge in [0.05, 0.1) is 0 Å². The molecular weight excluding hydrogens is 504 g/mol. The number of carbonyl (C=O) groups is 1. The van der Waals surface area contributed by atoms with Crippen LogP contribution in [0.25, 0.3) is 0 Å². The summed E-state index contributed by atoms with van der Waals surface area (Å²) in [5.74, 6) is 0.455. The Bertz CT molecular complexity index is 1070. The minimum absolute atomic E-state index is 0. The van der Waals surface area contributed by atoms with E-state index in [4.69, 9.17) is 4.74 Å². The summed E-state index contributed by atoms with van der Waals surface area (Å²) in [6, 6.07) is 17.9. The quantitative estimate of drug-likeness (QED) is 0.269. The number of hydrogen-bond acceptors (Lipinski definition) is 3. The predicted molar refractivity (Wildman–Crippen MR) is 132 cm³/mol. The summed E-state index contributed by atoms with van der Waals surface area (Å²) in [6.45, 7) is 5.74. The molecular formula is C29H37BrN2O3. The zero-order chi connectivity index (χ0) is 24.0. The maximum Gasteiger partial charge on any atom is 0.343 e. The summed E-state index contributed by atoms with van der Waals surface area (Å²) in [7, 11) is 0. The molecule has 0 amide bonds. The Morgan fingerprint density at radius 3 is 2.34 bits per heavy atom. The van der Waals surface area contributed by atoms with Crippen LogP contribution in [-0.4, -0.2) is 22.2 Å². The second-order valence-electron chi connectivity index (χ2n) is 9.61. The normalized spacial score (nSPS) is 16.1. The zero-order valence-electron chi connectivity index (χ0n) is 20.8. The van der Waals surface area contributed by atoms with Gasteiger partial charge < -0.3 is 26.8 Å². The van der Waals surface area contributed by atoms with Crippen LogP contribution in [-0.2, 0) is 28.2 Å². The van der Waals surface area contributed by atoms with Gasteiger partial charge in [0, 0.05) is 12.8 Å². The van der Waals surface area contributed by atoms with E-state index >= 15 is 0 Å². The molecule has 1 N–H and O–H groups in total. The monoisotopic (exact) mass is 540 g/mol. The number of hydrogen-bond donors (Lipinski definition) is 1. The minimum Gasteiger partial charge on any atom is -1.00 e. The number of nitrogens with zero attached hydrogens (tertiary/aromatic N) is 2. The van der Waals surface area contributed by atoms with Gasteiger partial charge in [-0.15, -0.1) is 0 Å². The third-order valence-corrected chi connectivity index (χ3v) is 7.27. The molecule has 1 heterocycles. The maximum atomic E-state index is 13.3. The van der Waals surface area contributed by atoms with Crippen molar-refractivity contribution in [2.75, 3.05) is 6.61 Å². The van der Waals surface area contributed by atoms with E-state index in [0.29, 0.717) is 12.1 Å². The van der Waals surface area contributed by atoms with Gasteiger partial charge in [0.1, 0.15) is 32.1 Å². The number of esters is 1. The van der Waals surface area contributed by atoms with Crippen LogP contribution in [0, 0.1) is 19.8 Å². The highest BCUT2D eigenvalue weighted by Crippen LogP contribution is 2.39. The highest BCUT2D eigenvalue weighted by Gasteiger charge is 2.46. The summed E-state index contributed by atoms with van der Waals surface area (Å²) < 4.78 is 10.0. The predicted octanol–water partition coefficient (Wildman–Crippen LogP) is 1.85. The van der Waals surface area contributed by atoms with E-state index in [-0.39, 0.29) is 29.5 Å². The Hall–Kier alpha value is -2.44. The van der Waals surface area contributed by atoms with E-state index < -0.39 is 11.6 Å². The third-order valence-electron chi connectivity index (χ3n) is 7.27. The van der Waals surface area contributed by atoms with Gasteiger partial charge in [0.15, 0.2) is 5.60 Å². The van der Waals surface area contributed by atoms with E-state index in [1.54, 1.807) is 0 Å². The molecule has 0 spiro atoms. The van der Waals surface area contributed by atoms with Crippen LogP contribution in [0.1, 0.15) is 61.0 Å². The Kier molecular flexibility index (Phi) is 9.70. The van der Waals surface area contributed by atoms with Crippen LogP contribution in [0.5, 0.6) is 0 Å². The van der Waals surface area contributed by atoms with Crippen molar-refractivity contribution in [3.8, 4) is 0 Å². The number of aryl methyl sites for hydroxylation is 1. The summed E-state index contributed by atoms with van der Waals surface area (Å²) in [6.07, 6.45) is 10.2. The number of imidazole rings is 1. The standard InChI is InChI=1S/C29H37N2O3.BrH/c1-23-14-16-25(17-15-23)22-31-19-18-30(24(31)2)20-21-34-28(32)29(33,27-12-8-5-9-13-27)26-10-6-3-4-7-11-26;/h5,8-9,12-19,26,33H,3-4,6-7,10-11,20-22H2,1-2H3;1H/q+1;/p-1. The number of carbonyl (C=O) groups excluding carboxylic acids is 1. The van der Waals surface area contributed by atoms with E-state index in [1.165, 1.54) is 11.1 Å². The second kappa shape index (κ2) is 12.5. The number of rotatable bonds is 8. The van der Waals surface area contributed by atoms with Crippen LogP contribution in [0.2, 0.25) is 0 Å². The number of benzene rings is 2. The molecule has 1 unspecified atom stereocenters. The molecule has 1 atom stereocenters. The summed E-state index contributed by atoms with van der Waals surface area (Å²) in [4.78, 5) is 13.3. The Balaban J connectivity index is 0.00000342. The van der Waals surface area contributed by atoms with Gasteiger partial charge in [0.2, 0.25) is 0 Å². The second-order valence-corrected chi connectivity index (χ2v) is 9.61. The van der Waals surface area contributed by atoms with Crippen LogP contribution in [0.3, 0.4) is 0 Å². The first-order valence-corrected chi connectivity index (χ1v) is 12.5. The lowest BCUT2D eigenvalue weighted by atomic mass is 9.77. The Morgan fingerprint density at radius 1 is 1.03 bits per heavy atom. The Morgan fingerprint density at radius 2 is 1.69 bits per heavy atom. The fourth-order valence-corrected chi connectivity index (χ4v) is 5.09. The van der Waals surface area contributed by atoms with Crippen molar-refractivity contribution in [3.05, 3.63) is 89.5 Å². The van der Waals surface area contributed by atoms with Crippen LogP contribution >= 0.6 is 0 Å². The largest absolute Gasteiger partial charge is 1.00 e. The molecule has 2 aromatic carbocycles. The lowest BCUT2D eigenvalue weighted by Gasteiger charge is -2.34. The summed E-state index contributed by atoms with van der Waals surface area (Å²) in [5, 5.41) is 11.8. The van der Waals surface area contributed by atoms with Crippen molar-refractivity contribution in [3.63, 3.8) is 0 Å². The first-order chi connectivity index (χ1) is 16.5. The average molecular weight is 542 g/mol. The number of halogens is 1. The SMILES string of the molecule is Cc1ccc(C[n+]2ccn(CCOC(=O)C(O)(c3ccccc3)C3CCCCCC3)c2C)cc1.[Br-]. The molecule has 5 nitrogen and oxygen atoms in total. The lowest BCUT2D eigenvalue weighted by molar-refractivity contribution is -0.694. The molecule has 0 saturated heterocycles. The molecule has 1 aliphatic rings. The van der Waals surface area contributed by atoms with Gasteiger partial charge in [-0.2, -0.15) is 0 Å². The van der Waals surface area contributed by atoms with Gasteiger partial charge in [-0.05, 0) is 30.9 Å². The highest BCUT2D eigenvalue weighted by atomic mass is 79.9. The fourth-order valence-electron chi connectivity index (χ4n) is 5.09. The molecule has 4 rings (SSSR count). The van der Waals surface area contributed by atoms with Crippen molar-refractivity contribution in [2.24, 2.45) is 5.92 Å². The average Bonchev–Trinajstić information content (AvgIpc) is 3.04. The number of aliphatic hydroxyl groups is 1. The number of aromatic nitrogens is 2. The maximum absolute atomic E-state index is 13.3. The molecule has 1 fully saturated rings. The first kappa shape index (κ1) is 27.2. The van der Waals surface area contributed by atoms with Crippen LogP contribution in [0.4, 0.5) is 0 Å². The molecule has 35 heavy (non-hydrogen) atoms. The molecule has 1 aromatic heterocycles. The number of ether oxygens (including phenoxy) is 1. The molecule has 1 saturated carbocycles. The summed E-state index contributed by atoms with van der Waals surface area (Å²) in [5.41, 5.74) is 1.55. The summed E-state index contributed by atoms with van der Waals surface area (Å²) >= 11 is 0. The highest BCUT2D eigenvalue weighted by molar-refractivity contribution is 5.81. The zero-order valence-corrected chi connectivity index (χ0v) is 22.4. The van der Waals surface area contributed by atoms with E-state index in [9.17, 15) is 9.90 Å². The molecule has 6 heteroatoms. The van der Waals surface area contributed by atoms with Crippen LogP contribution < -0.4 is 21.5 Å². The van der Waals surface area contributed by atoms with E-state index in [2.05, 4.69) is 53.4 Å². The molecule has 0 bridgehead atoms. The fraction of sp³-hybridized carbons (Fsp3) is 0.448. The van der Waals surface area contributed by atoms with Crippen LogP contribution in [0.15, 0.2) is 67.0 Å². The van der Waals surface area contributed by atoms with Crippen molar-refractivity contribution < 1.29 is 36.2 Å². The Labute approximate surface area is 219 Å². The van der Waals surface area contributed by atoms with Crippen molar-refractivity contribution in [1.29, 1.82) is 0 Å². The van der Waals surface area contributed by atoms with Gasteiger partial charge in [0.25, 0.3) is 5.82 Å². The van der Waals surface area contributed by atoms with Gasteiger partial charge in [-0.3, -0.25) is 0 Å². The van der Waals surface area contributed by atoms with Gasteiger partial charge in [-0.1, -0.05) is 85.8 Å². The molecule has 3 aromatic rings. The molecule has 1 aliphatic carbocycles. The minimum atomic E-state index is -1.59. The molecule has 0 aliphatic heterocycles. The van der Waals surface area contributed by atoms with E-state index in [1.807, 2.05) is 36.5 Å². The smallest absolute Gasteiger partial charge is 0.343 e. The topological polar surface area (TPSA) is 55.3 Å². The van der Waals surface area contributed by atoms with Gasteiger partial charge >= 0.3 is 5.97 Å². The lowest BCUT2D eigenvalue weighted by Crippen LogP contribution is -3.00. The molecule has 188 valence electrons. The van der Waals surface area contributed by atoms with Crippen molar-refractivity contribution in [2.45, 2.75) is 71.1 Å². The van der Waals surface area contributed by atoms with E-state index in [0.717, 1.165) is 50.9 Å². The molecule has 0 radical (unpaired) electrons. The van der Waals surface area contributed by atoms with Gasteiger partial charge in [-0.25, -0.2) is 13.9 Å². The van der Waals surface area contributed by atoms with Crippen molar-refractivity contribution in [1.82, 2.24) is 4.57 Å². The third kappa shape index (κ3) is 6.42. The van der Waals surface area contributed by atoms with Crippen molar-refractivity contribution >= 4 is 5.97 Å².